The summed E-state index contributed by atoms with van der Waals surface area (Å²) in [5, 5.41) is 13.6. The monoisotopic (exact) mass is 468 g/mol. The lowest BCUT2D eigenvalue weighted by atomic mass is 10.1. The van der Waals surface area contributed by atoms with Crippen molar-refractivity contribution in [1.82, 2.24) is 14.5 Å². The number of rotatable bonds is 8. The van der Waals surface area contributed by atoms with Crippen LogP contribution in [0.3, 0.4) is 0 Å². The number of aryl methyl sites for hydroxylation is 1. The van der Waals surface area contributed by atoms with Crippen molar-refractivity contribution in [3.63, 3.8) is 0 Å². The Bertz CT molecular complexity index is 1240. The van der Waals surface area contributed by atoms with Gasteiger partial charge in [0.25, 0.3) is 17.9 Å². The third-order valence-electron chi connectivity index (χ3n) is 5.57. The highest BCUT2D eigenvalue weighted by Crippen LogP contribution is 2.48. The van der Waals surface area contributed by atoms with Crippen molar-refractivity contribution in [1.29, 1.82) is 0 Å². The number of halogens is 4. The van der Waals surface area contributed by atoms with E-state index in [0.29, 0.717) is 16.1 Å². The first-order valence-corrected chi connectivity index (χ1v) is 10.7. The molecule has 0 spiro atoms. The Labute approximate surface area is 184 Å². The molecule has 0 amide bonds. The molecule has 6 nitrogen and oxygen atoms in total. The molecule has 32 heavy (non-hydrogen) atoms. The van der Waals surface area contributed by atoms with Crippen LogP contribution in [0.15, 0.2) is 41.2 Å². The summed E-state index contributed by atoms with van der Waals surface area (Å²) < 4.78 is 55.9. The van der Waals surface area contributed by atoms with Gasteiger partial charge < -0.3 is 15.0 Å². The third-order valence-corrected chi connectivity index (χ3v) is 6.58. The Morgan fingerprint density at radius 3 is 2.69 bits per heavy atom. The second-order valence-corrected chi connectivity index (χ2v) is 8.71. The summed E-state index contributed by atoms with van der Waals surface area (Å²) in [6.45, 7) is 4.05. The zero-order valence-electron chi connectivity index (χ0n) is 17.0. The maximum atomic E-state index is 13.8. The zero-order chi connectivity index (χ0) is 23.3. The highest BCUT2D eigenvalue weighted by molar-refractivity contribution is 7.10. The largest absolute Gasteiger partial charge is 0.390 e. The topological polar surface area (TPSA) is 80.0 Å². The SMILES string of the molecule is C=C[C@@H](Nc1nc(C)nc2cc(=O)n(C3(C(F)F)CC3)cc12)c1cc(C(F)(F)CO)cs1. The molecule has 0 radical (unpaired) electrons. The lowest BCUT2D eigenvalue weighted by molar-refractivity contribution is -0.0553. The number of hydrogen-bond acceptors (Lipinski definition) is 6. The van der Waals surface area contributed by atoms with E-state index in [9.17, 15) is 22.4 Å². The fourth-order valence-corrected chi connectivity index (χ4v) is 4.56. The molecule has 1 fully saturated rings. The predicted octanol–water partition coefficient (Wildman–Crippen LogP) is 4.34. The van der Waals surface area contributed by atoms with E-state index in [2.05, 4.69) is 21.9 Å². The fraction of sp³-hybridized carbons (Fsp3) is 0.381. The van der Waals surface area contributed by atoms with E-state index in [0.717, 1.165) is 15.9 Å². The van der Waals surface area contributed by atoms with Crippen LogP contribution in [-0.2, 0) is 11.5 Å². The number of pyridine rings is 1. The van der Waals surface area contributed by atoms with Gasteiger partial charge in [-0.15, -0.1) is 17.9 Å². The summed E-state index contributed by atoms with van der Waals surface area (Å²) in [7, 11) is 0. The van der Waals surface area contributed by atoms with E-state index < -0.39 is 36.1 Å². The van der Waals surface area contributed by atoms with Crippen LogP contribution in [0.25, 0.3) is 10.9 Å². The summed E-state index contributed by atoms with van der Waals surface area (Å²) in [5.74, 6) is -2.77. The molecule has 4 rings (SSSR count). The molecule has 0 aromatic carbocycles. The van der Waals surface area contributed by atoms with Gasteiger partial charge in [-0.1, -0.05) is 6.08 Å². The lowest BCUT2D eigenvalue weighted by Crippen LogP contribution is -2.35. The summed E-state index contributed by atoms with van der Waals surface area (Å²) in [5.41, 5.74) is -2.13. The standard InChI is InChI=1S/C21H20F4N4O2S/c1-3-14(16-6-12(9-32-16)21(24,25)10-30)28-18-13-8-29(20(4-5-20)19(22)23)17(31)7-15(13)26-11(2)27-18/h3,6-9,14,19,30H,1,4-5,10H2,2H3,(H,26,27,28)/t14-/m1/s1. The van der Waals surface area contributed by atoms with Crippen LogP contribution in [0.1, 0.15) is 35.1 Å². The van der Waals surface area contributed by atoms with Gasteiger partial charge in [0.2, 0.25) is 0 Å². The van der Waals surface area contributed by atoms with Gasteiger partial charge in [-0.3, -0.25) is 4.79 Å². The average Bonchev–Trinajstić information content (AvgIpc) is 3.40. The number of thiophene rings is 1. The molecule has 0 unspecified atom stereocenters. The summed E-state index contributed by atoms with van der Waals surface area (Å²) in [6, 6.07) is 1.83. The van der Waals surface area contributed by atoms with Crippen LogP contribution in [-0.4, -0.2) is 32.7 Å². The van der Waals surface area contributed by atoms with Gasteiger partial charge in [0.15, 0.2) is 0 Å². The highest BCUT2D eigenvalue weighted by atomic mass is 32.1. The number of aliphatic hydroxyl groups is 1. The van der Waals surface area contributed by atoms with Crippen LogP contribution in [0.4, 0.5) is 23.4 Å². The minimum atomic E-state index is -3.37. The maximum Gasteiger partial charge on any atom is 0.296 e. The first-order chi connectivity index (χ1) is 15.1. The van der Waals surface area contributed by atoms with Gasteiger partial charge in [0.05, 0.1) is 16.9 Å². The lowest BCUT2D eigenvalue weighted by Gasteiger charge is -2.20. The first kappa shape index (κ1) is 22.4. The number of fused-ring (bicyclic) bond motifs is 1. The normalized spacial score (nSPS) is 16.3. The van der Waals surface area contributed by atoms with E-state index in [1.165, 1.54) is 29.8 Å². The number of nitrogens with one attached hydrogen (secondary N) is 1. The Hall–Kier alpha value is -2.79. The number of anilines is 1. The molecular formula is C21H20F4N4O2S. The Kier molecular flexibility index (Phi) is 5.58. The van der Waals surface area contributed by atoms with Crippen LogP contribution in [0.5, 0.6) is 0 Å². The summed E-state index contributed by atoms with van der Waals surface area (Å²) >= 11 is 1.05. The van der Waals surface area contributed by atoms with Gasteiger partial charge in [0, 0.05) is 28.1 Å². The Balaban J connectivity index is 1.76. The first-order valence-electron chi connectivity index (χ1n) is 9.77. The van der Waals surface area contributed by atoms with Gasteiger partial charge in [-0.05, 0) is 25.8 Å². The van der Waals surface area contributed by atoms with E-state index in [4.69, 9.17) is 5.11 Å². The molecule has 170 valence electrons. The van der Waals surface area contributed by atoms with Gasteiger partial charge in [-0.25, -0.2) is 18.7 Å². The molecule has 11 heteroatoms. The third kappa shape index (κ3) is 3.79. The van der Waals surface area contributed by atoms with E-state index >= 15 is 0 Å². The fourth-order valence-electron chi connectivity index (χ4n) is 3.56. The maximum absolute atomic E-state index is 13.8. The second kappa shape index (κ2) is 7.96. The van der Waals surface area contributed by atoms with Crippen molar-refractivity contribution in [2.75, 3.05) is 11.9 Å². The van der Waals surface area contributed by atoms with Crippen molar-refractivity contribution in [2.24, 2.45) is 0 Å². The van der Waals surface area contributed by atoms with Crippen molar-refractivity contribution in [3.8, 4) is 0 Å². The second-order valence-electron chi connectivity index (χ2n) is 7.76. The molecule has 3 aromatic heterocycles. The predicted molar refractivity (Wildman–Crippen MR) is 114 cm³/mol. The molecule has 1 atom stereocenters. The summed E-state index contributed by atoms with van der Waals surface area (Å²) in [4.78, 5) is 21.6. The minimum Gasteiger partial charge on any atom is -0.390 e. The Morgan fingerprint density at radius 2 is 2.09 bits per heavy atom. The van der Waals surface area contributed by atoms with E-state index in [1.807, 2.05) is 0 Å². The molecule has 0 aliphatic heterocycles. The van der Waals surface area contributed by atoms with Crippen molar-refractivity contribution >= 4 is 28.1 Å². The highest BCUT2D eigenvalue weighted by Gasteiger charge is 2.53. The quantitative estimate of drug-likeness (QED) is 0.380. The Morgan fingerprint density at radius 1 is 1.38 bits per heavy atom. The van der Waals surface area contributed by atoms with Crippen LogP contribution >= 0.6 is 11.3 Å². The number of nitrogens with zero attached hydrogens (tertiary/aromatic N) is 3. The smallest absolute Gasteiger partial charge is 0.296 e. The van der Waals surface area contributed by atoms with Crippen molar-refractivity contribution in [2.45, 2.75) is 43.7 Å². The van der Waals surface area contributed by atoms with Gasteiger partial charge >= 0.3 is 0 Å². The number of aromatic nitrogens is 3. The van der Waals surface area contributed by atoms with Crippen LogP contribution < -0.4 is 10.9 Å². The molecule has 0 bridgehead atoms. The van der Waals surface area contributed by atoms with Crippen LogP contribution in [0, 0.1) is 6.92 Å². The van der Waals surface area contributed by atoms with Gasteiger partial charge in [0.1, 0.15) is 23.8 Å². The van der Waals surface area contributed by atoms with Crippen molar-refractivity contribution in [3.05, 3.63) is 63.0 Å². The molecule has 3 heterocycles. The van der Waals surface area contributed by atoms with Crippen molar-refractivity contribution < 1.29 is 22.7 Å². The molecule has 2 N–H and O–H groups in total. The van der Waals surface area contributed by atoms with E-state index in [-0.39, 0.29) is 29.7 Å². The van der Waals surface area contributed by atoms with Gasteiger partial charge in [-0.2, -0.15) is 8.78 Å². The average molecular weight is 468 g/mol. The molecule has 3 aromatic rings. The number of aliphatic hydroxyl groups excluding tert-OH is 1. The van der Waals surface area contributed by atoms with E-state index in [1.54, 1.807) is 6.92 Å². The molecule has 1 saturated carbocycles. The molecular weight excluding hydrogens is 448 g/mol. The molecule has 1 aliphatic rings. The zero-order valence-corrected chi connectivity index (χ0v) is 17.8. The molecule has 1 aliphatic carbocycles. The number of alkyl halides is 4. The summed E-state index contributed by atoms with van der Waals surface area (Å²) in [6.07, 6.45) is 0.515. The molecule has 0 saturated heterocycles. The van der Waals surface area contributed by atoms with Crippen LogP contribution in [0.2, 0.25) is 0 Å². The number of hydrogen-bond donors (Lipinski definition) is 2. The minimum absolute atomic E-state index is 0.192.